The van der Waals surface area contributed by atoms with Gasteiger partial charge < -0.3 is 15.5 Å². The molecule has 0 bridgehead atoms. The van der Waals surface area contributed by atoms with E-state index in [1.165, 1.54) is 24.7 Å². The first kappa shape index (κ1) is 18.2. The van der Waals surface area contributed by atoms with Crippen LogP contribution in [0.25, 0.3) is 0 Å². The molecule has 2 N–H and O–H groups in total. The van der Waals surface area contributed by atoms with E-state index in [1.54, 1.807) is 6.20 Å². The molecule has 6 nitrogen and oxygen atoms in total. The number of benzene rings is 1. The molecule has 0 radical (unpaired) electrons. The Morgan fingerprint density at radius 3 is 2.50 bits per heavy atom. The Morgan fingerprint density at radius 2 is 1.88 bits per heavy atom. The number of aromatic nitrogens is 2. The summed E-state index contributed by atoms with van der Waals surface area (Å²) in [5, 5.41) is 6.02. The fraction of sp³-hybridized carbons (Fsp3) is 0.450. The van der Waals surface area contributed by atoms with Crippen molar-refractivity contribution in [2.75, 3.05) is 35.2 Å². The largest absolute Gasteiger partial charge is 0.372 e. The van der Waals surface area contributed by atoms with E-state index >= 15 is 0 Å². The highest BCUT2D eigenvalue weighted by Crippen LogP contribution is 2.24. The predicted molar refractivity (Wildman–Crippen MR) is 106 cm³/mol. The molecule has 1 amide bonds. The van der Waals surface area contributed by atoms with Crippen LogP contribution in [0.5, 0.6) is 0 Å². The number of piperidine rings is 1. The van der Waals surface area contributed by atoms with Gasteiger partial charge in [-0.2, -0.15) is 0 Å². The lowest BCUT2D eigenvalue weighted by Gasteiger charge is -2.32. The number of carbonyl (C=O) groups is 1. The molecule has 3 rings (SSSR count). The van der Waals surface area contributed by atoms with Crippen LogP contribution >= 0.6 is 0 Å². The lowest BCUT2D eigenvalue weighted by atomic mass is 9.99. The van der Waals surface area contributed by atoms with Crippen LogP contribution in [0.2, 0.25) is 0 Å². The minimum Gasteiger partial charge on any atom is -0.372 e. The maximum Gasteiger partial charge on any atom is 0.275 e. The maximum absolute atomic E-state index is 12.3. The van der Waals surface area contributed by atoms with Crippen molar-refractivity contribution in [1.82, 2.24) is 9.97 Å². The molecule has 6 heteroatoms. The summed E-state index contributed by atoms with van der Waals surface area (Å²) < 4.78 is 0. The summed E-state index contributed by atoms with van der Waals surface area (Å²) in [5.41, 5.74) is 2.28. The van der Waals surface area contributed by atoms with Gasteiger partial charge in [-0.1, -0.05) is 13.8 Å². The third kappa shape index (κ3) is 4.71. The Balaban J connectivity index is 1.57. The molecule has 2 heterocycles. The average molecular weight is 353 g/mol. The second kappa shape index (κ2) is 8.65. The fourth-order valence-electron chi connectivity index (χ4n) is 3.01. The zero-order chi connectivity index (χ0) is 18.4. The molecule has 0 atom stereocenters. The summed E-state index contributed by atoms with van der Waals surface area (Å²) in [7, 11) is 0. The Morgan fingerprint density at radius 1 is 1.15 bits per heavy atom. The summed E-state index contributed by atoms with van der Waals surface area (Å²) in [6, 6.07) is 8.01. The predicted octanol–water partition coefficient (Wildman–Crippen LogP) is 3.79. The van der Waals surface area contributed by atoms with Gasteiger partial charge >= 0.3 is 0 Å². The molecule has 1 aliphatic rings. The van der Waals surface area contributed by atoms with E-state index in [4.69, 9.17) is 0 Å². The fourth-order valence-corrected chi connectivity index (χ4v) is 3.01. The average Bonchev–Trinajstić information content (AvgIpc) is 2.68. The summed E-state index contributed by atoms with van der Waals surface area (Å²) in [5.74, 6) is 1.25. The van der Waals surface area contributed by atoms with Crippen LogP contribution < -0.4 is 15.5 Å². The van der Waals surface area contributed by atoms with Gasteiger partial charge in [0.15, 0.2) is 0 Å². The summed E-state index contributed by atoms with van der Waals surface area (Å²) in [6.45, 7) is 7.43. The normalized spacial score (nSPS) is 14.9. The summed E-state index contributed by atoms with van der Waals surface area (Å²) >= 11 is 0. The molecular formula is C20H27N5O. The lowest BCUT2D eigenvalue weighted by molar-refractivity contribution is 0.102. The van der Waals surface area contributed by atoms with Crippen LogP contribution in [0.3, 0.4) is 0 Å². The van der Waals surface area contributed by atoms with E-state index in [2.05, 4.69) is 51.5 Å². The number of hydrogen-bond acceptors (Lipinski definition) is 5. The third-order valence-corrected chi connectivity index (χ3v) is 4.71. The minimum atomic E-state index is -0.251. The van der Waals surface area contributed by atoms with Gasteiger partial charge in [0.05, 0.1) is 12.4 Å². The molecule has 1 saturated heterocycles. The SMILES string of the molecule is CCCNc1cnc(C(=O)Nc2ccc(N3CCC(C)CC3)cc2)cn1. The van der Waals surface area contributed by atoms with E-state index in [0.29, 0.717) is 11.5 Å². The number of amides is 1. The summed E-state index contributed by atoms with van der Waals surface area (Å²) in [4.78, 5) is 23.1. The second-order valence-corrected chi connectivity index (χ2v) is 6.88. The van der Waals surface area contributed by atoms with E-state index in [0.717, 1.165) is 37.7 Å². The third-order valence-electron chi connectivity index (χ3n) is 4.71. The Kier molecular flexibility index (Phi) is 6.04. The molecule has 0 unspecified atom stereocenters. The van der Waals surface area contributed by atoms with Crippen LogP contribution in [0, 0.1) is 5.92 Å². The van der Waals surface area contributed by atoms with E-state index in [9.17, 15) is 4.79 Å². The quantitative estimate of drug-likeness (QED) is 0.827. The Hall–Kier alpha value is -2.63. The highest BCUT2D eigenvalue weighted by atomic mass is 16.1. The first-order valence-electron chi connectivity index (χ1n) is 9.38. The topological polar surface area (TPSA) is 70.2 Å². The van der Waals surface area contributed by atoms with Crippen LogP contribution in [0.15, 0.2) is 36.7 Å². The van der Waals surface area contributed by atoms with Gasteiger partial charge in [-0.3, -0.25) is 4.79 Å². The lowest BCUT2D eigenvalue weighted by Crippen LogP contribution is -2.32. The van der Waals surface area contributed by atoms with Gasteiger partial charge in [-0.25, -0.2) is 9.97 Å². The van der Waals surface area contributed by atoms with Crippen LogP contribution in [-0.2, 0) is 0 Å². The van der Waals surface area contributed by atoms with Crippen molar-refractivity contribution in [3.63, 3.8) is 0 Å². The summed E-state index contributed by atoms with van der Waals surface area (Å²) in [6.07, 6.45) is 6.57. The molecular weight excluding hydrogens is 326 g/mol. The van der Waals surface area contributed by atoms with Crippen molar-refractivity contribution < 1.29 is 4.79 Å². The van der Waals surface area contributed by atoms with E-state index in [1.807, 2.05) is 12.1 Å². The van der Waals surface area contributed by atoms with Crippen molar-refractivity contribution in [3.05, 3.63) is 42.4 Å². The molecule has 2 aromatic rings. The minimum absolute atomic E-state index is 0.251. The number of carbonyl (C=O) groups excluding carboxylic acids is 1. The zero-order valence-electron chi connectivity index (χ0n) is 15.5. The standard InChI is InChI=1S/C20H27N5O/c1-3-10-21-19-14-22-18(13-23-19)20(26)24-16-4-6-17(7-5-16)25-11-8-15(2)9-12-25/h4-7,13-15H,3,8-12H2,1-2H3,(H,21,23)(H,24,26). The first-order chi connectivity index (χ1) is 12.7. The number of rotatable bonds is 6. The van der Waals surface area contributed by atoms with Crippen LogP contribution in [0.1, 0.15) is 43.6 Å². The van der Waals surface area contributed by atoms with Crippen LogP contribution in [-0.4, -0.2) is 35.5 Å². The van der Waals surface area contributed by atoms with Crippen molar-refractivity contribution in [2.45, 2.75) is 33.1 Å². The van der Waals surface area contributed by atoms with Crippen molar-refractivity contribution >= 4 is 23.1 Å². The second-order valence-electron chi connectivity index (χ2n) is 6.88. The molecule has 1 fully saturated rings. The molecule has 0 saturated carbocycles. The number of hydrogen-bond donors (Lipinski definition) is 2. The number of nitrogens with zero attached hydrogens (tertiary/aromatic N) is 3. The van der Waals surface area contributed by atoms with Gasteiger partial charge in [-0.05, 0) is 49.4 Å². The first-order valence-corrected chi connectivity index (χ1v) is 9.38. The smallest absolute Gasteiger partial charge is 0.275 e. The number of anilines is 3. The van der Waals surface area contributed by atoms with Gasteiger partial charge in [0, 0.05) is 31.0 Å². The molecule has 0 aliphatic carbocycles. The van der Waals surface area contributed by atoms with Crippen molar-refractivity contribution in [2.24, 2.45) is 5.92 Å². The number of nitrogens with one attached hydrogen (secondary N) is 2. The molecule has 1 aromatic heterocycles. The molecule has 1 aromatic carbocycles. The Bertz CT molecular complexity index is 706. The van der Waals surface area contributed by atoms with Gasteiger partial charge in [-0.15, -0.1) is 0 Å². The molecule has 0 spiro atoms. The highest BCUT2D eigenvalue weighted by Gasteiger charge is 2.16. The highest BCUT2D eigenvalue weighted by molar-refractivity contribution is 6.02. The Labute approximate surface area is 155 Å². The van der Waals surface area contributed by atoms with Crippen molar-refractivity contribution in [3.8, 4) is 0 Å². The molecule has 138 valence electrons. The van der Waals surface area contributed by atoms with Crippen molar-refractivity contribution in [1.29, 1.82) is 0 Å². The van der Waals surface area contributed by atoms with Gasteiger partial charge in [0.25, 0.3) is 5.91 Å². The zero-order valence-corrected chi connectivity index (χ0v) is 15.5. The van der Waals surface area contributed by atoms with E-state index < -0.39 is 0 Å². The van der Waals surface area contributed by atoms with Crippen LogP contribution in [0.4, 0.5) is 17.2 Å². The van der Waals surface area contributed by atoms with Gasteiger partial charge in [0.1, 0.15) is 11.5 Å². The monoisotopic (exact) mass is 353 g/mol. The molecule has 26 heavy (non-hydrogen) atoms. The van der Waals surface area contributed by atoms with Gasteiger partial charge in [0.2, 0.25) is 0 Å². The van der Waals surface area contributed by atoms with E-state index in [-0.39, 0.29) is 5.91 Å². The maximum atomic E-state index is 12.3. The molecule has 1 aliphatic heterocycles.